The minimum absolute atomic E-state index is 0.0537. The van der Waals surface area contributed by atoms with Crippen molar-refractivity contribution >= 4 is 66.5 Å². The van der Waals surface area contributed by atoms with E-state index in [0.29, 0.717) is 10.8 Å². The molecular weight excluding hydrogens is 557 g/mol. The number of aromatic nitrogens is 3. The van der Waals surface area contributed by atoms with Gasteiger partial charge in [0.1, 0.15) is 9.84 Å². The predicted octanol–water partition coefficient (Wildman–Crippen LogP) is 7.33. The van der Waals surface area contributed by atoms with E-state index < -0.39 is 0 Å². The highest BCUT2D eigenvalue weighted by atomic mass is 32.2. The van der Waals surface area contributed by atoms with Crippen molar-refractivity contribution in [3.63, 3.8) is 0 Å². The van der Waals surface area contributed by atoms with Crippen LogP contribution in [0.1, 0.15) is 23.3 Å². The van der Waals surface area contributed by atoms with Gasteiger partial charge in [0, 0.05) is 16.1 Å². The molecule has 3 aromatic carbocycles. The molecular formula is C31H24N4O2S3. The zero-order chi connectivity index (χ0) is 27.1. The minimum atomic E-state index is -0.161. The van der Waals surface area contributed by atoms with Crippen molar-refractivity contribution in [2.75, 3.05) is 11.1 Å². The van der Waals surface area contributed by atoms with Crippen molar-refractivity contribution in [1.29, 1.82) is 0 Å². The standard InChI is InChI=1S/C31H24N4O2S3/c36-26(32-20-10-8-9-19(17-20)28-33-23-14-5-7-16-25(23)40-28)18-38-31-34-29-27(22-13-4-6-15-24(22)39-29)30(37)35(31)21-11-2-1-3-12-21/h1-3,5,7-12,14,16-17H,4,6,13,15,18H2,(H,32,36). The summed E-state index contributed by atoms with van der Waals surface area (Å²) >= 11 is 4.54. The number of hydrogen-bond acceptors (Lipinski definition) is 7. The van der Waals surface area contributed by atoms with Gasteiger partial charge in [0.05, 0.1) is 27.0 Å². The van der Waals surface area contributed by atoms with Gasteiger partial charge < -0.3 is 5.32 Å². The highest BCUT2D eigenvalue weighted by Gasteiger charge is 2.23. The van der Waals surface area contributed by atoms with Crippen LogP contribution in [0.4, 0.5) is 5.69 Å². The molecule has 198 valence electrons. The molecule has 0 saturated carbocycles. The third-order valence-electron chi connectivity index (χ3n) is 6.99. The lowest BCUT2D eigenvalue weighted by atomic mass is 9.97. The summed E-state index contributed by atoms with van der Waals surface area (Å²) in [7, 11) is 0. The first-order valence-corrected chi connectivity index (χ1v) is 15.8. The normalized spacial score (nSPS) is 13.0. The Hall–Kier alpha value is -3.79. The summed E-state index contributed by atoms with van der Waals surface area (Å²) in [6.07, 6.45) is 4.17. The molecule has 3 aromatic heterocycles. The Kier molecular flexibility index (Phi) is 6.71. The lowest BCUT2D eigenvalue weighted by molar-refractivity contribution is -0.113. The molecule has 1 amide bonds. The van der Waals surface area contributed by atoms with Gasteiger partial charge in [0.15, 0.2) is 5.16 Å². The molecule has 7 rings (SSSR count). The Balaban J connectivity index is 1.16. The molecule has 0 unspecified atom stereocenters. The molecule has 0 saturated heterocycles. The molecule has 0 radical (unpaired) electrons. The second kappa shape index (κ2) is 10.6. The molecule has 9 heteroatoms. The lowest BCUT2D eigenvalue weighted by Gasteiger charge is -2.13. The van der Waals surface area contributed by atoms with Crippen LogP contribution >= 0.6 is 34.4 Å². The van der Waals surface area contributed by atoms with E-state index in [1.807, 2.05) is 72.8 Å². The summed E-state index contributed by atoms with van der Waals surface area (Å²) in [6, 6.07) is 25.4. The average molecular weight is 581 g/mol. The van der Waals surface area contributed by atoms with Crippen LogP contribution in [-0.4, -0.2) is 26.2 Å². The van der Waals surface area contributed by atoms with Crippen molar-refractivity contribution < 1.29 is 4.79 Å². The van der Waals surface area contributed by atoms with Gasteiger partial charge in [-0.3, -0.25) is 14.2 Å². The van der Waals surface area contributed by atoms with Crippen molar-refractivity contribution in [1.82, 2.24) is 14.5 Å². The number of fused-ring (bicyclic) bond motifs is 4. The molecule has 1 aliphatic carbocycles. The first-order chi connectivity index (χ1) is 19.6. The Morgan fingerprint density at radius 3 is 2.62 bits per heavy atom. The lowest BCUT2D eigenvalue weighted by Crippen LogP contribution is -2.23. The van der Waals surface area contributed by atoms with Crippen molar-refractivity contribution in [2.45, 2.75) is 30.8 Å². The number of thiophene rings is 1. The van der Waals surface area contributed by atoms with Gasteiger partial charge in [0.25, 0.3) is 5.56 Å². The van der Waals surface area contributed by atoms with Crippen LogP contribution in [0.3, 0.4) is 0 Å². The van der Waals surface area contributed by atoms with Crippen LogP contribution < -0.4 is 10.9 Å². The maximum atomic E-state index is 13.9. The maximum absolute atomic E-state index is 13.9. The Labute approximate surface area is 242 Å². The monoisotopic (exact) mass is 580 g/mol. The highest BCUT2D eigenvalue weighted by molar-refractivity contribution is 7.99. The number of benzene rings is 3. The van der Waals surface area contributed by atoms with E-state index in [1.54, 1.807) is 27.2 Å². The number of carbonyl (C=O) groups excluding carboxylic acids is 1. The van der Waals surface area contributed by atoms with Gasteiger partial charge >= 0.3 is 0 Å². The van der Waals surface area contributed by atoms with E-state index in [9.17, 15) is 9.59 Å². The van der Waals surface area contributed by atoms with Crippen LogP contribution in [0.5, 0.6) is 0 Å². The molecule has 6 nitrogen and oxygen atoms in total. The van der Waals surface area contributed by atoms with E-state index in [0.717, 1.165) is 67.9 Å². The average Bonchev–Trinajstić information content (AvgIpc) is 3.58. The Bertz CT molecular complexity index is 1910. The third-order valence-corrected chi connectivity index (χ3v) is 10.2. The first-order valence-electron chi connectivity index (χ1n) is 13.2. The van der Waals surface area contributed by atoms with Crippen LogP contribution in [0.15, 0.2) is 88.8 Å². The SMILES string of the molecule is O=C(CSc1nc2sc3c(c2c(=O)n1-c1ccccc1)CCCC3)Nc1cccc(-c2nc3ccccc3s2)c1. The summed E-state index contributed by atoms with van der Waals surface area (Å²) in [5, 5.41) is 5.19. The van der Waals surface area contributed by atoms with Gasteiger partial charge in [-0.15, -0.1) is 22.7 Å². The molecule has 40 heavy (non-hydrogen) atoms. The fraction of sp³-hybridized carbons (Fsp3) is 0.161. The topological polar surface area (TPSA) is 76.9 Å². The fourth-order valence-corrected chi connectivity index (χ4v) is 8.22. The van der Waals surface area contributed by atoms with Crippen molar-refractivity contribution in [3.8, 4) is 16.3 Å². The van der Waals surface area contributed by atoms with Crippen LogP contribution in [0.25, 0.3) is 36.7 Å². The number of carbonyl (C=O) groups is 1. The molecule has 0 aliphatic heterocycles. The molecule has 0 spiro atoms. The van der Waals surface area contributed by atoms with Gasteiger partial charge in [-0.2, -0.15) is 0 Å². The van der Waals surface area contributed by atoms with Crippen molar-refractivity contribution in [2.24, 2.45) is 0 Å². The molecule has 0 atom stereocenters. The largest absolute Gasteiger partial charge is 0.325 e. The minimum Gasteiger partial charge on any atom is -0.325 e. The van der Waals surface area contributed by atoms with E-state index in [2.05, 4.69) is 11.4 Å². The predicted molar refractivity (Wildman–Crippen MR) is 166 cm³/mol. The number of nitrogens with zero attached hydrogens (tertiary/aromatic N) is 3. The number of rotatable bonds is 6. The summed E-state index contributed by atoms with van der Waals surface area (Å²) in [6.45, 7) is 0. The zero-order valence-electron chi connectivity index (χ0n) is 21.4. The van der Waals surface area contributed by atoms with E-state index in [4.69, 9.17) is 9.97 Å². The molecule has 0 fully saturated rings. The van der Waals surface area contributed by atoms with Gasteiger partial charge in [-0.1, -0.05) is 54.2 Å². The van der Waals surface area contributed by atoms with Gasteiger partial charge in [-0.05, 0) is 67.6 Å². The number of anilines is 1. The highest BCUT2D eigenvalue weighted by Crippen LogP contribution is 2.35. The molecule has 3 heterocycles. The fourth-order valence-electron chi connectivity index (χ4n) is 5.14. The van der Waals surface area contributed by atoms with E-state index in [-0.39, 0.29) is 17.2 Å². The van der Waals surface area contributed by atoms with E-state index in [1.165, 1.54) is 16.6 Å². The summed E-state index contributed by atoms with van der Waals surface area (Å²) in [4.78, 5) is 38.7. The Morgan fingerprint density at radius 1 is 0.925 bits per heavy atom. The third kappa shape index (κ3) is 4.74. The number of thiazole rings is 1. The van der Waals surface area contributed by atoms with Crippen LogP contribution in [0, 0.1) is 0 Å². The van der Waals surface area contributed by atoms with Crippen LogP contribution in [-0.2, 0) is 17.6 Å². The Morgan fingerprint density at radius 2 is 1.75 bits per heavy atom. The number of hydrogen-bond donors (Lipinski definition) is 1. The molecule has 0 bridgehead atoms. The smallest absolute Gasteiger partial charge is 0.267 e. The molecule has 6 aromatic rings. The zero-order valence-corrected chi connectivity index (χ0v) is 23.9. The maximum Gasteiger partial charge on any atom is 0.267 e. The quantitative estimate of drug-likeness (QED) is 0.165. The summed E-state index contributed by atoms with van der Waals surface area (Å²) in [5.41, 5.74) is 4.49. The van der Waals surface area contributed by atoms with Gasteiger partial charge in [0.2, 0.25) is 5.91 Å². The number of para-hydroxylation sites is 2. The molecule has 1 N–H and O–H groups in total. The summed E-state index contributed by atoms with van der Waals surface area (Å²) < 4.78 is 2.79. The second-order valence-electron chi connectivity index (χ2n) is 9.67. The number of aryl methyl sites for hydroxylation is 2. The number of thioether (sulfide) groups is 1. The van der Waals surface area contributed by atoms with E-state index >= 15 is 0 Å². The van der Waals surface area contributed by atoms with Gasteiger partial charge in [-0.25, -0.2) is 9.97 Å². The number of nitrogens with one attached hydrogen (secondary N) is 1. The molecule has 1 aliphatic rings. The second-order valence-corrected chi connectivity index (χ2v) is 12.7. The van der Waals surface area contributed by atoms with Crippen LogP contribution in [0.2, 0.25) is 0 Å². The number of amides is 1. The summed E-state index contributed by atoms with van der Waals surface area (Å²) in [5.74, 6) is -0.0350. The first kappa shape index (κ1) is 25.2. The van der Waals surface area contributed by atoms with Crippen molar-refractivity contribution in [3.05, 3.63) is 99.7 Å².